The van der Waals surface area contributed by atoms with Crippen molar-refractivity contribution in [2.24, 2.45) is 0 Å². The summed E-state index contributed by atoms with van der Waals surface area (Å²) >= 11 is 3.67. The van der Waals surface area contributed by atoms with Crippen LogP contribution in [0.2, 0.25) is 0 Å². The molecular formula is C19H20N4O5S3. The van der Waals surface area contributed by atoms with E-state index >= 15 is 0 Å². The van der Waals surface area contributed by atoms with Crippen molar-refractivity contribution < 1.29 is 23.9 Å². The molecule has 3 aromatic rings. The van der Waals surface area contributed by atoms with Crippen LogP contribution < -0.4 is 5.32 Å². The Kier molecular flexibility index (Phi) is 7.82. The van der Waals surface area contributed by atoms with Crippen molar-refractivity contribution in [1.82, 2.24) is 15.2 Å². The summed E-state index contributed by atoms with van der Waals surface area (Å²) in [6, 6.07) is 3.83. The van der Waals surface area contributed by atoms with E-state index in [1.54, 1.807) is 20.8 Å². The van der Waals surface area contributed by atoms with Crippen molar-refractivity contribution in [3.05, 3.63) is 33.5 Å². The Morgan fingerprint density at radius 3 is 2.61 bits per heavy atom. The summed E-state index contributed by atoms with van der Waals surface area (Å²) in [6.07, 6.45) is 0. The second-order valence-corrected chi connectivity index (χ2v) is 8.89. The number of H-pyrrole nitrogens is 1. The molecule has 0 radical (unpaired) electrons. The van der Waals surface area contributed by atoms with Crippen LogP contribution in [0.4, 0.5) is 5.00 Å². The van der Waals surface area contributed by atoms with Gasteiger partial charge >= 0.3 is 11.9 Å². The first kappa shape index (κ1) is 23.0. The van der Waals surface area contributed by atoms with Gasteiger partial charge in [0.1, 0.15) is 9.88 Å². The fraction of sp³-hybridized carbons (Fsp3) is 0.316. The van der Waals surface area contributed by atoms with E-state index in [-0.39, 0.29) is 40.3 Å². The summed E-state index contributed by atoms with van der Waals surface area (Å²) in [4.78, 5) is 42.7. The quantitative estimate of drug-likeness (QED) is 0.348. The highest BCUT2D eigenvalue weighted by Crippen LogP contribution is 2.34. The van der Waals surface area contributed by atoms with Gasteiger partial charge in [-0.05, 0) is 37.8 Å². The fourth-order valence-electron chi connectivity index (χ4n) is 2.57. The van der Waals surface area contributed by atoms with E-state index in [0.29, 0.717) is 16.5 Å². The second-order valence-electron chi connectivity index (χ2n) is 5.98. The van der Waals surface area contributed by atoms with E-state index in [2.05, 4.69) is 20.5 Å². The number of esters is 2. The summed E-state index contributed by atoms with van der Waals surface area (Å²) in [5, 5.41) is 12.3. The number of rotatable bonds is 9. The number of carbonyl (C=O) groups is 3. The van der Waals surface area contributed by atoms with Crippen LogP contribution in [-0.2, 0) is 14.3 Å². The Labute approximate surface area is 190 Å². The lowest BCUT2D eigenvalue weighted by Crippen LogP contribution is -2.16. The third kappa shape index (κ3) is 5.51. The van der Waals surface area contributed by atoms with E-state index in [4.69, 9.17) is 9.47 Å². The monoisotopic (exact) mass is 480 g/mol. The van der Waals surface area contributed by atoms with Crippen LogP contribution in [0.3, 0.4) is 0 Å². The standard InChI is InChI=1S/C19H20N4O5S3/c1-4-27-17(25)13-10(3)14(18(26)28-5-2)31-16(13)20-12(24)9-30-19-21-15(22-23-19)11-7-6-8-29-11/h6-8H,4-5,9H2,1-3H3,(H,20,24)(H,21,22,23). The summed E-state index contributed by atoms with van der Waals surface area (Å²) < 4.78 is 10.1. The van der Waals surface area contributed by atoms with Gasteiger partial charge in [-0.2, -0.15) is 0 Å². The average Bonchev–Trinajstić information content (AvgIpc) is 3.47. The second kappa shape index (κ2) is 10.6. The minimum Gasteiger partial charge on any atom is -0.462 e. The lowest BCUT2D eigenvalue weighted by Gasteiger charge is -2.06. The van der Waals surface area contributed by atoms with Crippen molar-refractivity contribution in [1.29, 1.82) is 0 Å². The van der Waals surface area contributed by atoms with Gasteiger partial charge in [0.15, 0.2) is 5.82 Å². The first-order valence-corrected chi connectivity index (χ1v) is 12.0. The highest BCUT2D eigenvalue weighted by Gasteiger charge is 2.27. The zero-order valence-corrected chi connectivity index (χ0v) is 19.5. The number of thioether (sulfide) groups is 1. The van der Waals surface area contributed by atoms with Crippen LogP contribution in [0.15, 0.2) is 22.7 Å². The topological polar surface area (TPSA) is 123 Å². The molecule has 0 aliphatic rings. The summed E-state index contributed by atoms with van der Waals surface area (Å²) in [7, 11) is 0. The zero-order valence-electron chi connectivity index (χ0n) is 17.0. The molecule has 0 fully saturated rings. The van der Waals surface area contributed by atoms with Crippen molar-refractivity contribution >= 4 is 57.3 Å². The molecule has 12 heteroatoms. The Morgan fingerprint density at radius 2 is 1.94 bits per heavy atom. The van der Waals surface area contributed by atoms with Gasteiger partial charge in [-0.1, -0.05) is 17.8 Å². The molecule has 3 rings (SSSR count). The molecule has 0 atom stereocenters. The number of thiophene rings is 2. The van der Waals surface area contributed by atoms with E-state index in [0.717, 1.165) is 28.0 Å². The number of hydrogen-bond acceptors (Lipinski definition) is 10. The normalized spacial score (nSPS) is 10.7. The Hall–Kier alpha value is -2.70. The predicted octanol–water partition coefficient (Wildman–Crippen LogP) is 3.99. The number of ether oxygens (including phenoxy) is 2. The highest BCUT2D eigenvalue weighted by atomic mass is 32.2. The molecule has 3 heterocycles. The molecule has 2 N–H and O–H groups in total. The maximum absolute atomic E-state index is 12.5. The molecule has 0 bridgehead atoms. The molecule has 0 saturated carbocycles. The molecule has 0 spiro atoms. The van der Waals surface area contributed by atoms with Gasteiger partial charge in [-0.25, -0.2) is 14.6 Å². The van der Waals surface area contributed by atoms with Crippen LogP contribution >= 0.6 is 34.4 Å². The van der Waals surface area contributed by atoms with Gasteiger partial charge in [0, 0.05) is 0 Å². The minimum absolute atomic E-state index is 0.0235. The van der Waals surface area contributed by atoms with Crippen molar-refractivity contribution in [3.63, 3.8) is 0 Å². The smallest absolute Gasteiger partial charge is 0.348 e. The Balaban J connectivity index is 1.71. The van der Waals surface area contributed by atoms with Gasteiger partial charge in [0.05, 0.1) is 29.4 Å². The van der Waals surface area contributed by atoms with Crippen molar-refractivity contribution in [2.45, 2.75) is 25.9 Å². The summed E-state index contributed by atoms with van der Waals surface area (Å²) in [6.45, 7) is 5.37. The largest absolute Gasteiger partial charge is 0.462 e. The van der Waals surface area contributed by atoms with Crippen LogP contribution in [0.25, 0.3) is 10.7 Å². The van der Waals surface area contributed by atoms with Crippen molar-refractivity contribution in [3.8, 4) is 10.7 Å². The molecule has 0 unspecified atom stereocenters. The van der Waals surface area contributed by atoms with E-state index < -0.39 is 11.9 Å². The van der Waals surface area contributed by atoms with Gasteiger partial charge in [-0.15, -0.1) is 27.8 Å². The molecular weight excluding hydrogens is 460 g/mol. The number of nitrogens with zero attached hydrogens (tertiary/aromatic N) is 2. The van der Waals surface area contributed by atoms with Crippen LogP contribution in [0.5, 0.6) is 0 Å². The minimum atomic E-state index is -0.607. The molecule has 1 amide bonds. The van der Waals surface area contributed by atoms with Gasteiger partial charge in [0.25, 0.3) is 0 Å². The number of carbonyl (C=O) groups excluding carboxylic acids is 3. The zero-order chi connectivity index (χ0) is 22.4. The molecule has 0 aliphatic heterocycles. The molecule has 3 aromatic heterocycles. The number of hydrogen-bond donors (Lipinski definition) is 2. The Bertz CT molecular complexity index is 1070. The average molecular weight is 481 g/mol. The lowest BCUT2D eigenvalue weighted by molar-refractivity contribution is -0.113. The van der Waals surface area contributed by atoms with Crippen molar-refractivity contribution in [2.75, 3.05) is 24.3 Å². The highest BCUT2D eigenvalue weighted by molar-refractivity contribution is 7.99. The van der Waals surface area contributed by atoms with Crippen LogP contribution in [-0.4, -0.2) is 52.0 Å². The number of aromatic nitrogens is 3. The molecule has 9 nitrogen and oxygen atoms in total. The molecule has 0 aliphatic carbocycles. The molecule has 164 valence electrons. The van der Waals surface area contributed by atoms with Gasteiger partial charge < -0.3 is 14.8 Å². The SMILES string of the molecule is CCOC(=O)c1sc(NC(=O)CSc2n[nH]c(-c3cccs3)n2)c(C(=O)OCC)c1C. The molecule has 31 heavy (non-hydrogen) atoms. The fourth-order valence-corrected chi connectivity index (χ4v) is 4.94. The first-order chi connectivity index (χ1) is 14.9. The molecule has 0 saturated heterocycles. The van der Waals surface area contributed by atoms with Crippen LogP contribution in [0.1, 0.15) is 39.4 Å². The number of aromatic amines is 1. The van der Waals surface area contributed by atoms with Crippen LogP contribution in [0, 0.1) is 6.92 Å². The number of nitrogens with one attached hydrogen (secondary N) is 2. The van der Waals surface area contributed by atoms with Gasteiger partial charge in [-0.3, -0.25) is 9.89 Å². The third-order valence-electron chi connectivity index (χ3n) is 3.89. The first-order valence-electron chi connectivity index (χ1n) is 9.31. The summed E-state index contributed by atoms with van der Waals surface area (Å²) in [5.74, 6) is -0.864. The van der Waals surface area contributed by atoms with E-state index in [1.807, 2.05) is 17.5 Å². The lowest BCUT2D eigenvalue weighted by atomic mass is 10.1. The number of anilines is 1. The van der Waals surface area contributed by atoms with Gasteiger partial charge in [0.2, 0.25) is 11.1 Å². The Morgan fingerprint density at radius 1 is 1.19 bits per heavy atom. The van der Waals surface area contributed by atoms with E-state index in [9.17, 15) is 14.4 Å². The maximum atomic E-state index is 12.5. The third-order valence-corrected chi connectivity index (χ3v) is 6.80. The molecule has 0 aromatic carbocycles. The maximum Gasteiger partial charge on any atom is 0.348 e. The summed E-state index contributed by atoms with van der Waals surface area (Å²) in [5.41, 5.74) is 0.575. The number of amides is 1. The van der Waals surface area contributed by atoms with E-state index in [1.165, 1.54) is 11.3 Å². The predicted molar refractivity (Wildman–Crippen MR) is 120 cm³/mol.